The van der Waals surface area contributed by atoms with Crippen molar-refractivity contribution < 1.29 is 4.42 Å². The number of rotatable bonds is 6. The molecule has 0 bridgehead atoms. The molecule has 0 unspecified atom stereocenters. The molecule has 5 heteroatoms. The zero-order valence-electron chi connectivity index (χ0n) is 30.1. The molecule has 11 aromatic rings. The van der Waals surface area contributed by atoms with Gasteiger partial charge < -0.3 is 4.42 Å². The molecule has 0 aliphatic heterocycles. The first-order chi connectivity index (χ1) is 27.8. The van der Waals surface area contributed by atoms with E-state index in [2.05, 4.69) is 145 Å². The number of nitrogens with zero attached hydrogens (tertiary/aromatic N) is 3. The van der Waals surface area contributed by atoms with E-state index < -0.39 is 0 Å². The number of aromatic nitrogens is 3. The summed E-state index contributed by atoms with van der Waals surface area (Å²) in [6, 6.07) is 61.6. The fourth-order valence-corrected chi connectivity index (χ4v) is 9.17. The highest BCUT2D eigenvalue weighted by Gasteiger charge is 2.20. The normalized spacial score (nSPS) is 11.6. The number of pyridine rings is 1. The molecule has 0 aliphatic carbocycles. The van der Waals surface area contributed by atoms with Gasteiger partial charge in [-0.2, -0.15) is 0 Å². The van der Waals surface area contributed by atoms with Crippen LogP contribution in [0.2, 0.25) is 0 Å². The van der Waals surface area contributed by atoms with Crippen LogP contribution < -0.4 is 0 Å². The van der Waals surface area contributed by atoms with Crippen molar-refractivity contribution in [1.82, 2.24) is 15.0 Å². The molecule has 0 saturated carbocycles. The van der Waals surface area contributed by atoms with Crippen molar-refractivity contribution in [3.05, 3.63) is 188 Å². The summed E-state index contributed by atoms with van der Waals surface area (Å²) >= 11 is 1.84. The van der Waals surface area contributed by atoms with Crippen molar-refractivity contribution in [1.29, 1.82) is 0 Å². The standard InChI is InChI=1S/C51H31N3OS/c1-2-11-34(12-3-1)43-31-44(38-14-5-4-13-36(38)33-27-29-52-30-28-33)54-51(53-43)35-23-21-32(22-24-35)37-25-26-40(50-49(37)41-15-6-8-18-45(41)55-50)39-17-10-20-47-48(39)42-16-7-9-19-46(42)56-47/h1-31H. The van der Waals surface area contributed by atoms with Crippen molar-refractivity contribution in [3.63, 3.8) is 0 Å². The van der Waals surface area contributed by atoms with Crippen LogP contribution >= 0.6 is 11.3 Å². The summed E-state index contributed by atoms with van der Waals surface area (Å²) in [5, 5.41) is 4.75. The second kappa shape index (κ2) is 13.3. The van der Waals surface area contributed by atoms with E-state index in [0.717, 1.165) is 77.8 Å². The Balaban J connectivity index is 1.06. The first-order valence-electron chi connectivity index (χ1n) is 18.7. The quantitative estimate of drug-likeness (QED) is 0.171. The van der Waals surface area contributed by atoms with Crippen LogP contribution in [0.15, 0.2) is 193 Å². The molecule has 0 amide bonds. The van der Waals surface area contributed by atoms with Gasteiger partial charge in [0.15, 0.2) is 5.82 Å². The maximum Gasteiger partial charge on any atom is 0.160 e. The highest BCUT2D eigenvalue weighted by atomic mass is 32.1. The Hall–Kier alpha value is -7.21. The maximum atomic E-state index is 6.76. The Morgan fingerprint density at radius 1 is 0.393 bits per heavy atom. The number of fused-ring (bicyclic) bond motifs is 6. The van der Waals surface area contributed by atoms with Gasteiger partial charge in [0.2, 0.25) is 0 Å². The first-order valence-corrected chi connectivity index (χ1v) is 19.5. The van der Waals surface area contributed by atoms with Gasteiger partial charge in [-0.1, -0.05) is 133 Å². The van der Waals surface area contributed by atoms with Gasteiger partial charge in [-0.05, 0) is 70.3 Å². The van der Waals surface area contributed by atoms with E-state index in [4.69, 9.17) is 14.4 Å². The van der Waals surface area contributed by atoms with Crippen LogP contribution in [-0.2, 0) is 0 Å². The fourth-order valence-electron chi connectivity index (χ4n) is 8.04. The van der Waals surface area contributed by atoms with Crippen LogP contribution in [-0.4, -0.2) is 15.0 Å². The number of hydrogen-bond donors (Lipinski definition) is 0. The van der Waals surface area contributed by atoms with E-state index in [1.54, 1.807) is 0 Å². The number of thiophene rings is 1. The zero-order valence-corrected chi connectivity index (χ0v) is 30.9. The molecule has 0 fully saturated rings. The lowest BCUT2D eigenvalue weighted by Crippen LogP contribution is -1.97. The lowest BCUT2D eigenvalue weighted by molar-refractivity contribution is 0.670. The Morgan fingerprint density at radius 3 is 1.89 bits per heavy atom. The van der Waals surface area contributed by atoms with Crippen LogP contribution in [0.25, 0.3) is 109 Å². The van der Waals surface area contributed by atoms with E-state index in [0.29, 0.717) is 5.82 Å². The Morgan fingerprint density at radius 2 is 1.04 bits per heavy atom. The molecule has 0 radical (unpaired) electrons. The van der Waals surface area contributed by atoms with Gasteiger partial charge in [0.25, 0.3) is 0 Å². The Bertz CT molecular complexity index is 3240. The van der Waals surface area contributed by atoms with Crippen molar-refractivity contribution in [2.45, 2.75) is 0 Å². The molecule has 56 heavy (non-hydrogen) atoms. The molecule has 4 nitrogen and oxygen atoms in total. The van der Waals surface area contributed by atoms with Gasteiger partial charge in [-0.15, -0.1) is 11.3 Å². The van der Waals surface area contributed by atoms with Crippen molar-refractivity contribution in [2.75, 3.05) is 0 Å². The highest BCUT2D eigenvalue weighted by molar-refractivity contribution is 7.25. The van der Waals surface area contributed by atoms with Crippen LogP contribution in [0.4, 0.5) is 0 Å². The summed E-state index contributed by atoms with van der Waals surface area (Å²) in [4.78, 5) is 14.6. The molecule has 0 aliphatic rings. The summed E-state index contributed by atoms with van der Waals surface area (Å²) < 4.78 is 9.32. The minimum atomic E-state index is 0.669. The van der Waals surface area contributed by atoms with E-state index in [-0.39, 0.29) is 0 Å². The predicted octanol–water partition coefficient (Wildman–Crippen LogP) is 14.1. The summed E-state index contributed by atoms with van der Waals surface area (Å²) in [6.07, 6.45) is 3.65. The number of furan rings is 1. The molecule has 262 valence electrons. The van der Waals surface area contributed by atoms with Crippen LogP contribution in [0.5, 0.6) is 0 Å². The lowest BCUT2D eigenvalue weighted by atomic mass is 9.92. The fraction of sp³-hybridized carbons (Fsp3) is 0. The predicted molar refractivity (Wildman–Crippen MR) is 233 cm³/mol. The minimum Gasteiger partial charge on any atom is -0.455 e. The molecule has 0 spiro atoms. The highest BCUT2D eigenvalue weighted by Crippen LogP contribution is 2.46. The summed E-state index contributed by atoms with van der Waals surface area (Å²) in [7, 11) is 0. The molecule has 11 rings (SSSR count). The van der Waals surface area contributed by atoms with Gasteiger partial charge in [0.1, 0.15) is 11.2 Å². The third-order valence-corrected chi connectivity index (χ3v) is 11.8. The SMILES string of the molecule is c1ccc(-c2cc(-c3ccccc3-c3ccncc3)nc(-c3ccc(-c4ccc(-c5cccc6sc7ccccc7c56)c5oc6ccccc6c45)cc3)n2)cc1. The van der Waals surface area contributed by atoms with E-state index >= 15 is 0 Å². The second-order valence-corrected chi connectivity index (χ2v) is 15.0. The summed E-state index contributed by atoms with van der Waals surface area (Å²) in [6.45, 7) is 0. The molecule has 4 aromatic heterocycles. The maximum absolute atomic E-state index is 6.76. The molecule has 7 aromatic carbocycles. The van der Waals surface area contributed by atoms with Gasteiger partial charge in [0.05, 0.1) is 11.4 Å². The van der Waals surface area contributed by atoms with Crippen molar-refractivity contribution in [3.8, 4) is 67.3 Å². The van der Waals surface area contributed by atoms with Crippen molar-refractivity contribution in [2.24, 2.45) is 0 Å². The molecular weight excluding hydrogens is 703 g/mol. The van der Waals surface area contributed by atoms with Gasteiger partial charge in [-0.3, -0.25) is 4.98 Å². The minimum absolute atomic E-state index is 0.669. The Kier molecular flexibility index (Phi) is 7.64. The van der Waals surface area contributed by atoms with Crippen LogP contribution in [0.3, 0.4) is 0 Å². The lowest BCUT2D eigenvalue weighted by Gasteiger charge is -2.13. The third kappa shape index (κ3) is 5.40. The summed E-state index contributed by atoms with van der Waals surface area (Å²) in [5.74, 6) is 0.669. The van der Waals surface area contributed by atoms with Gasteiger partial charge in [-0.25, -0.2) is 9.97 Å². The van der Waals surface area contributed by atoms with Crippen LogP contribution in [0, 0.1) is 0 Å². The topological polar surface area (TPSA) is 51.8 Å². The molecule has 0 atom stereocenters. The Labute approximate surface area is 327 Å². The van der Waals surface area contributed by atoms with E-state index in [1.807, 2.05) is 60.1 Å². The van der Waals surface area contributed by atoms with E-state index in [1.165, 1.54) is 25.7 Å². The number of hydrogen-bond acceptors (Lipinski definition) is 5. The van der Waals surface area contributed by atoms with Gasteiger partial charge in [0, 0.05) is 65.6 Å². The first kappa shape index (κ1) is 32.2. The van der Waals surface area contributed by atoms with Gasteiger partial charge >= 0.3 is 0 Å². The molecule has 0 N–H and O–H groups in total. The molecule has 0 saturated heterocycles. The number of benzene rings is 7. The molecule has 4 heterocycles. The number of para-hydroxylation sites is 1. The largest absolute Gasteiger partial charge is 0.455 e. The average molecular weight is 734 g/mol. The summed E-state index contributed by atoms with van der Waals surface area (Å²) in [5.41, 5.74) is 13.2. The van der Waals surface area contributed by atoms with Crippen LogP contribution in [0.1, 0.15) is 0 Å². The van der Waals surface area contributed by atoms with E-state index in [9.17, 15) is 0 Å². The average Bonchev–Trinajstić information content (AvgIpc) is 3.86. The zero-order chi connectivity index (χ0) is 37.0. The van der Waals surface area contributed by atoms with Crippen molar-refractivity contribution >= 4 is 53.4 Å². The monoisotopic (exact) mass is 733 g/mol. The second-order valence-electron chi connectivity index (χ2n) is 13.9. The molecular formula is C51H31N3OS. The third-order valence-electron chi connectivity index (χ3n) is 10.7. The smallest absolute Gasteiger partial charge is 0.160 e.